The van der Waals surface area contributed by atoms with Gasteiger partial charge in [-0.05, 0) is 17.7 Å². The summed E-state index contributed by atoms with van der Waals surface area (Å²) in [6.45, 7) is 0.541. The number of hydrogen-bond donors (Lipinski definition) is 1. The van der Waals surface area contributed by atoms with Crippen LogP contribution in [0.15, 0.2) is 12.1 Å². The molecule has 0 unspecified atom stereocenters. The number of halogens is 1. The van der Waals surface area contributed by atoms with E-state index in [0.29, 0.717) is 22.9 Å². The lowest BCUT2D eigenvalue weighted by molar-refractivity contribution is -0.136. The standard InChI is InChI=1S/C10H9ClO4/c11-8-1-2-9-7(4-14-5-15-9)6(8)3-10(12)13/h1-2H,3-5H2,(H,12,13). The second-order valence-corrected chi connectivity index (χ2v) is 3.59. The predicted molar refractivity (Wildman–Crippen MR) is 53.1 cm³/mol. The first-order valence-corrected chi connectivity index (χ1v) is 4.79. The molecule has 1 aromatic carbocycles. The summed E-state index contributed by atoms with van der Waals surface area (Å²) in [5, 5.41) is 9.19. The summed E-state index contributed by atoms with van der Waals surface area (Å²) in [6.07, 6.45) is -0.116. The van der Waals surface area contributed by atoms with Crippen molar-refractivity contribution in [1.29, 1.82) is 0 Å². The molecule has 0 saturated heterocycles. The van der Waals surface area contributed by atoms with Gasteiger partial charge in [-0.25, -0.2) is 0 Å². The highest BCUT2D eigenvalue weighted by Gasteiger charge is 2.18. The third kappa shape index (κ3) is 2.06. The second-order valence-electron chi connectivity index (χ2n) is 3.18. The predicted octanol–water partition coefficient (Wildman–Crippen LogP) is 1.83. The van der Waals surface area contributed by atoms with Crippen molar-refractivity contribution in [2.24, 2.45) is 0 Å². The van der Waals surface area contributed by atoms with E-state index >= 15 is 0 Å². The maximum Gasteiger partial charge on any atom is 0.307 e. The summed E-state index contributed by atoms with van der Waals surface area (Å²) < 4.78 is 10.3. The first kappa shape index (κ1) is 10.3. The van der Waals surface area contributed by atoms with Crippen LogP contribution in [0.1, 0.15) is 11.1 Å². The van der Waals surface area contributed by atoms with Gasteiger partial charge in [0, 0.05) is 10.6 Å². The Kier molecular flexibility index (Phi) is 2.79. The molecule has 15 heavy (non-hydrogen) atoms. The minimum absolute atomic E-state index is 0.116. The highest BCUT2D eigenvalue weighted by molar-refractivity contribution is 6.31. The van der Waals surface area contributed by atoms with Crippen molar-refractivity contribution in [2.75, 3.05) is 6.79 Å². The van der Waals surface area contributed by atoms with Gasteiger partial charge in [0.1, 0.15) is 5.75 Å². The Morgan fingerprint density at radius 1 is 1.53 bits per heavy atom. The number of ether oxygens (including phenoxy) is 2. The summed E-state index contributed by atoms with van der Waals surface area (Å²) in [6, 6.07) is 3.37. The Hall–Kier alpha value is -1.26. The molecule has 0 spiro atoms. The van der Waals surface area contributed by atoms with Crippen molar-refractivity contribution in [3.63, 3.8) is 0 Å². The van der Waals surface area contributed by atoms with Gasteiger partial charge in [-0.3, -0.25) is 4.79 Å². The van der Waals surface area contributed by atoms with Gasteiger partial charge in [0.2, 0.25) is 0 Å². The summed E-state index contributed by atoms with van der Waals surface area (Å²) in [7, 11) is 0. The van der Waals surface area contributed by atoms with Crippen LogP contribution in [0.3, 0.4) is 0 Å². The second kappa shape index (κ2) is 4.08. The molecule has 80 valence electrons. The molecule has 0 atom stereocenters. The number of aliphatic carboxylic acids is 1. The molecular formula is C10H9ClO4. The molecule has 2 rings (SSSR count). The average molecular weight is 229 g/mol. The molecule has 1 aliphatic heterocycles. The summed E-state index contributed by atoms with van der Waals surface area (Å²) in [5.41, 5.74) is 1.30. The van der Waals surface area contributed by atoms with Crippen LogP contribution in [-0.2, 0) is 22.6 Å². The van der Waals surface area contributed by atoms with E-state index in [1.165, 1.54) is 0 Å². The van der Waals surface area contributed by atoms with E-state index in [0.717, 1.165) is 5.56 Å². The Labute approximate surface area is 91.4 Å². The number of rotatable bonds is 2. The molecule has 1 aromatic rings. The minimum atomic E-state index is -0.920. The van der Waals surface area contributed by atoms with Crippen molar-refractivity contribution in [3.05, 3.63) is 28.3 Å². The van der Waals surface area contributed by atoms with Crippen molar-refractivity contribution >= 4 is 17.6 Å². The van der Waals surface area contributed by atoms with Gasteiger partial charge in [0.15, 0.2) is 6.79 Å². The van der Waals surface area contributed by atoms with Crippen LogP contribution >= 0.6 is 11.6 Å². The smallest absolute Gasteiger partial charge is 0.307 e. The third-order valence-corrected chi connectivity index (χ3v) is 2.56. The zero-order chi connectivity index (χ0) is 10.8. The highest BCUT2D eigenvalue weighted by atomic mass is 35.5. The van der Waals surface area contributed by atoms with E-state index in [4.69, 9.17) is 26.2 Å². The minimum Gasteiger partial charge on any atom is -0.481 e. The third-order valence-electron chi connectivity index (χ3n) is 2.20. The van der Waals surface area contributed by atoms with Crippen LogP contribution in [0.25, 0.3) is 0 Å². The highest BCUT2D eigenvalue weighted by Crippen LogP contribution is 2.32. The Morgan fingerprint density at radius 2 is 2.33 bits per heavy atom. The Bertz CT molecular complexity index is 403. The van der Waals surface area contributed by atoms with E-state index in [1.54, 1.807) is 12.1 Å². The maximum atomic E-state index is 10.7. The van der Waals surface area contributed by atoms with E-state index in [-0.39, 0.29) is 13.2 Å². The normalized spacial score (nSPS) is 14.2. The first-order valence-electron chi connectivity index (χ1n) is 4.41. The average Bonchev–Trinajstić information content (AvgIpc) is 2.22. The molecule has 0 fully saturated rings. The lowest BCUT2D eigenvalue weighted by Crippen LogP contribution is -2.15. The van der Waals surface area contributed by atoms with Gasteiger partial charge < -0.3 is 14.6 Å². The van der Waals surface area contributed by atoms with E-state index in [2.05, 4.69) is 0 Å². The van der Waals surface area contributed by atoms with Gasteiger partial charge in [-0.2, -0.15) is 0 Å². The Morgan fingerprint density at radius 3 is 3.07 bits per heavy atom. The van der Waals surface area contributed by atoms with Crippen molar-refractivity contribution in [1.82, 2.24) is 0 Å². The van der Waals surface area contributed by atoms with Gasteiger partial charge in [-0.15, -0.1) is 0 Å². The molecule has 0 bridgehead atoms. The zero-order valence-corrected chi connectivity index (χ0v) is 8.58. The van der Waals surface area contributed by atoms with Crippen molar-refractivity contribution in [3.8, 4) is 5.75 Å². The van der Waals surface area contributed by atoms with Crippen molar-refractivity contribution in [2.45, 2.75) is 13.0 Å². The van der Waals surface area contributed by atoms with Gasteiger partial charge in [-0.1, -0.05) is 11.6 Å². The SMILES string of the molecule is O=C(O)Cc1c(Cl)ccc2c1COCO2. The quantitative estimate of drug-likeness (QED) is 0.839. The fraction of sp³-hybridized carbons (Fsp3) is 0.300. The number of hydrogen-bond acceptors (Lipinski definition) is 3. The van der Waals surface area contributed by atoms with Crippen molar-refractivity contribution < 1.29 is 19.4 Å². The van der Waals surface area contributed by atoms with Crippen LogP contribution in [0.2, 0.25) is 5.02 Å². The van der Waals surface area contributed by atoms with Gasteiger partial charge >= 0.3 is 5.97 Å². The number of fused-ring (bicyclic) bond motifs is 1. The monoisotopic (exact) mass is 228 g/mol. The number of carbonyl (C=O) groups is 1. The molecule has 0 saturated carbocycles. The van der Waals surface area contributed by atoms with Gasteiger partial charge in [0.05, 0.1) is 13.0 Å². The van der Waals surface area contributed by atoms with E-state index in [9.17, 15) is 4.79 Å². The molecule has 1 aliphatic rings. The number of benzene rings is 1. The molecule has 0 radical (unpaired) electrons. The molecule has 1 N–H and O–H groups in total. The van der Waals surface area contributed by atoms with Gasteiger partial charge in [0.25, 0.3) is 0 Å². The number of carboxylic acids is 1. The van der Waals surface area contributed by atoms with Crippen LogP contribution in [0.4, 0.5) is 0 Å². The summed E-state index contributed by atoms with van der Waals surface area (Å²) in [5.74, 6) is -0.266. The first-order chi connectivity index (χ1) is 7.18. The summed E-state index contributed by atoms with van der Waals surface area (Å²) >= 11 is 5.93. The van der Waals surface area contributed by atoms with E-state index in [1.807, 2.05) is 0 Å². The Balaban J connectivity index is 2.45. The molecular weight excluding hydrogens is 220 g/mol. The molecule has 1 heterocycles. The fourth-order valence-corrected chi connectivity index (χ4v) is 1.77. The number of carboxylic acid groups (broad SMARTS) is 1. The molecule has 0 aromatic heterocycles. The largest absolute Gasteiger partial charge is 0.481 e. The molecule has 0 amide bonds. The van der Waals surface area contributed by atoms with Crippen LogP contribution in [-0.4, -0.2) is 17.9 Å². The molecule has 5 heteroatoms. The molecule has 0 aliphatic carbocycles. The summed E-state index contributed by atoms with van der Waals surface area (Å²) in [4.78, 5) is 10.7. The lowest BCUT2D eigenvalue weighted by Gasteiger charge is -2.20. The van der Waals surface area contributed by atoms with Crippen LogP contribution < -0.4 is 4.74 Å². The molecule has 4 nitrogen and oxygen atoms in total. The lowest BCUT2D eigenvalue weighted by atomic mass is 10.0. The van der Waals surface area contributed by atoms with Crippen LogP contribution in [0.5, 0.6) is 5.75 Å². The fourth-order valence-electron chi connectivity index (χ4n) is 1.53. The van der Waals surface area contributed by atoms with Crippen LogP contribution in [0, 0.1) is 0 Å². The topological polar surface area (TPSA) is 55.8 Å². The van der Waals surface area contributed by atoms with E-state index < -0.39 is 5.97 Å². The maximum absolute atomic E-state index is 10.7. The zero-order valence-electron chi connectivity index (χ0n) is 7.83.